The lowest BCUT2D eigenvalue weighted by atomic mass is 10.2. The number of hydrogen-bond donors (Lipinski definition) is 2. The second-order valence-electron chi connectivity index (χ2n) is 7.88. The summed E-state index contributed by atoms with van der Waals surface area (Å²) in [5.41, 5.74) is 0.0636. The molecule has 0 saturated carbocycles. The Labute approximate surface area is 195 Å². The van der Waals surface area contributed by atoms with Crippen LogP contribution in [0.1, 0.15) is 27.2 Å². The number of ether oxygens (including phenoxy) is 1. The Morgan fingerprint density at radius 2 is 2.03 bits per heavy atom. The van der Waals surface area contributed by atoms with Crippen molar-refractivity contribution in [2.45, 2.75) is 45.3 Å². The van der Waals surface area contributed by atoms with Gasteiger partial charge in [0.2, 0.25) is 0 Å². The Morgan fingerprint density at radius 3 is 2.70 bits per heavy atom. The molecule has 2 heterocycles. The van der Waals surface area contributed by atoms with Gasteiger partial charge in [-0.25, -0.2) is 8.78 Å². The van der Waals surface area contributed by atoms with Gasteiger partial charge in [-0.05, 0) is 39.3 Å². The third-order valence-corrected chi connectivity index (χ3v) is 5.63. The van der Waals surface area contributed by atoms with E-state index in [2.05, 4.69) is 29.4 Å². The van der Waals surface area contributed by atoms with Crippen LogP contribution in [0, 0.1) is 11.6 Å². The van der Waals surface area contributed by atoms with E-state index in [0.29, 0.717) is 31.7 Å². The highest BCUT2D eigenvalue weighted by Gasteiger charge is 2.28. The van der Waals surface area contributed by atoms with Gasteiger partial charge < -0.3 is 20.3 Å². The Kier molecular flexibility index (Phi) is 10.0. The first kappa shape index (κ1) is 25.1. The van der Waals surface area contributed by atoms with Crippen LogP contribution in [0.4, 0.5) is 14.5 Å². The lowest BCUT2D eigenvalue weighted by Crippen LogP contribution is -2.50. The van der Waals surface area contributed by atoms with Crippen LogP contribution in [0.5, 0.6) is 0 Å². The molecule has 0 bridgehead atoms. The molecule has 9 heteroatoms. The van der Waals surface area contributed by atoms with Gasteiger partial charge in [-0.3, -0.25) is 9.89 Å². The number of para-hydroxylation sites is 1. The summed E-state index contributed by atoms with van der Waals surface area (Å²) >= 11 is 0. The molecule has 3 rings (SSSR count). The number of hydrogen-bond acceptors (Lipinski definition) is 4. The molecule has 2 saturated heterocycles. The first-order valence-electron chi connectivity index (χ1n) is 10.6. The molecule has 2 fully saturated rings. The van der Waals surface area contributed by atoms with Gasteiger partial charge in [0.15, 0.2) is 5.96 Å². The predicted molar refractivity (Wildman–Crippen MR) is 128 cm³/mol. The molecule has 2 N–H and O–H groups in total. The molecule has 30 heavy (non-hydrogen) atoms. The van der Waals surface area contributed by atoms with Crippen molar-refractivity contribution in [2.24, 2.45) is 4.99 Å². The number of guanidine groups is 1. The maximum atomic E-state index is 14.1. The largest absolute Gasteiger partial charge is 0.379 e. The van der Waals surface area contributed by atoms with E-state index in [9.17, 15) is 8.78 Å². The maximum absolute atomic E-state index is 14.1. The van der Waals surface area contributed by atoms with Crippen LogP contribution in [0.2, 0.25) is 0 Å². The average Bonchev–Trinajstić information content (AvgIpc) is 3.14. The minimum atomic E-state index is -0.514. The third kappa shape index (κ3) is 6.40. The van der Waals surface area contributed by atoms with E-state index in [-0.39, 0.29) is 35.7 Å². The zero-order valence-corrected chi connectivity index (χ0v) is 20.4. The Bertz CT molecular complexity index is 688. The fourth-order valence-electron chi connectivity index (χ4n) is 4.11. The minimum absolute atomic E-state index is 0. The number of benzene rings is 1. The molecule has 6 nitrogen and oxygen atoms in total. The van der Waals surface area contributed by atoms with Crippen LogP contribution < -0.4 is 15.5 Å². The smallest absolute Gasteiger partial charge is 0.191 e. The summed E-state index contributed by atoms with van der Waals surface area (Å²) in [6, 6.07) is 4.80. The molecule has 3 atom stereocenters. The fraction of sp³-hybridized carbons (Fsp3) is 0.667. The van der Waals surface area contributed by atoms with Gasteiger partial charge in [0, 0.05) is 44.3 Å². The highest BCUT2D eigenvalue weighted by atomic mass is 127. The summed E-state index contributed by atoms with van der Waals surface area (Å²) in [7, 11) is 0. The fourth-order valence-corrected chi connectivity index (χ4v) is 4.11. The molecule has 0 aliphatic carbocycles. The summed E-state index contributed by atoms with van der Waals surface area (Å²) in [5, 5.41) is 6.72. The summed E-state index contributed by atoms with van der Waals surface area (Å²) < 4.78 is 33.7. The van der Waals surface area contributed by atoms with Gasteiger partial charge in [0.05, 0.1) is 19.8 Å². The number of nitrogens with one attached hydrogen (secondary N) is 2. The van der Waals surface area contributed by atoms with Crippen molar-refractivity contribution in [1.29, 1.82) is 0 Å². The van der Waals surface area contributed by atoms with Crippen LogP contribution in [-0.2, 0) is 4.74 Å². The van der Waals surface area contributed by atoms with E-state index < -0.39 is 11.6 Å². The normalized spacial score (nSPS) is 23.8. The van der Waals surface area contributed by atoms with Gasteiger partial charge in [-0.15, -0.1) is 24.0 Å². The van der Waals surface area contributed by atoms with Crippen molar-refractivity contribution >= 4 is 35.6 Å². The van der Waals surface area contributed by atoms with Gasteiger partial charge in [0.1, 0.15) is 17.3 Å². The summed E-state index contributed by atoms with van der Waals surface area (Å²) in [6.07, 6.45) is 0.800. The number of nitrogens with zero attached hydrogens (tertiary/aromatic N) is 3. The molecule has 0 aromatic heterocycles. The summed E-state index contributed by atoms with van der Waals surface area (Å²) in [4.78, 5) is 8.96. The first-order valence-corrected chi connectivity index (χ1v) is 10.6. The van der Waals surface area contributed by atoms with Crippen molar-refractivity contribution in [1.82, 2.24) is 15.5 Å². The second-order valence-corrected chi connectivity index (χ2v) is 7.88. The van der Waals surface area contributed by atoms with E-state index >= 15 is 0 Å². The van der Waals surface area contributed by atoms with E-state index in [1.54, 1.807) is 4.90 Å². The molecule has 2 aliphatic heterocycles. The number of aliphatic imine (C=N–C) groups is 1. The van der Waals surface area contributed by atoms with E-state index in [1.807, 2.05) is 6.92 Å². The van der Waals surface area contributed by atoms with E-state index in [0.717, 1.165) is 38.7 Å². The zero-order valence-electron chi connectivity index (χ0n) is 18.0. The van der Waals surface area contributed by atoms with Crippen LogP contribution in [-0.4, -0.2) is 74.9 Å². The van der Waals surface area contributed by atoms with Crippen molar-refractivity contribution in [3.8, 4) is 0 Å². The minimum Gasteiger partial charge on any atom is -0.379 e. The van der Waals surface area contributed by atoms with Gasteiger partial charge in [0.25, 0.3) is 0 Å². The average molecular weight is 537 g/mol. The standard InChI is InChI=1S/C21H33F2N5O.HI/c1-4-24-21(25-12-15(2)28-10-11-29-14-16(28)3)26-17-8-9-27(13-17)20-18(22)6-5-7-19(20)23;/h5-7,15-17H,4,8-14H2,1-3H3,(H2,24,25,26);1H. The van der Waals surface area contributed by atoms with Gasteiger partial charge in [-0.2, -0.15) is 0 Å². The molecule has 0 spiro atoms. The number of halogens is 3. The van der Waals surface area contributed by atoms with Crippen LogP contribution in [0.15, 0.2) is 23.2 Å². The second kappa shape index (κ2) is 12.0. The quantitative estimate of drug-likeness (QED) is 0.332. The maximum Gasteiger partial charge on any atom is 0.191 e. The van der Waals surface area contributed by atoms with Gasteiger partial charge >= 0.3 is 0 Å². The molecule has 3 unspecified atom stereocenters. The highest BCUT2D eigenvalue weighted by Crippen LogP contribution is 2.26. The Balaban J connectivity index is 0.00000320. The molecule has 1 aromatic rings. The molecule has 0 radical (unpaired) electrons. The summed E-state index contributed by atoms with van der Waals surface area (Å²) in [5.74, 6) is -0.277. The molecular weight excluding hydrogens is 503 g/mol. The van der Waals surface area contributed by atoms with Crippen LogP contribution >= 0.6 is 24.0 Å². The lowest BCUT2D eigenvalue weighted by molar-refractivity contribution is -0.0165. The molecular formula is C21H34F2IN5O. The predicted octanol–water partition coefficient (Wildman–Crippen LogP) is 2.83. The van der Waals surface area contributed by atoms with Crippen molar-refractivity contribution in [2.75, 3.05) is 50.8 Å². The molecule has 0 amide bonds. The number of morpholine rings is 1. The SMILES string of the molecule is CCNC(=NCC(C)N1CCOCC1C)NC1CCN(c2c(F)cccc2F)C1.I. The molecule has 170 valence electrons. The number of rotatable bonds is 6. The van der Waals surface area contributed by atoms with Crippen molar-refractivity contribution < 1.29 is 13.5 Å². The van der Waals surface area contributed by atoms with E-state index in [1.165, 1.54) is 18.2 Å². The Morgan fingerprint density at radius 1 is 1.30 bits per heavy atom. The van der Waals surface area contributed by atoms with E-state index in [4.69, 9.17) is 9.73 Å². The molecule has 1 aromatic carbocycles. The molecule has 2 aliphatic rings. The third-order valence-electron chi connectivity index (χ3n) is 5.63. The van der Waals surface area contributed by atoms with Crippen molar-refractivity contribution in [3.05, 3.63) is 29.8 Å². The lowest BCUT2D eigenvalue weighted by Gasteiger charge is -2.37. The Hall–Kier alpha value is -1.20. The number of anilines is 1. The highest BCUT2D eigenvalue weighted by molar-refractivity contribution is 14.0. The zero-order chi connectivity index (χ0) is 20.8. The monoisotopic (exact) mass is 537 g/mol. The first-order chi connectivity index (χ1) is 14.0. The van der Waals surface area contributed by atoms with Gasteiger partial charge in [-0.1, -0.05) is 6.07 Å². The van der Waals surface area contributed by atoms with Crippen LogP contribution in [0.3, 0.4) is 0 Å². The summed E-state index contributed by atoms with van der Waals surface area (Å²) in [6.45, 7) is 11.4. The topological polar surface area (TPSA) is 52.1 Å². The van der Waals surface area contributed by atoms with Crippen molar-refractivity contribution in [3.63, 3.8) is 0 Å². The van der Waals surface area contributed by atoms with Crippen LogP contribution in [0.25, 0.3) is 0 Å².